The zero-order valence-corrected chi connectivity index (χ0v) is 13.2. The van der Waals surface area contributed by atoms with Gasteiger partial charge in [-0.3, -0.25) is 0 Å². The second-order valence-electron chi connectivity index (χ2n) is 5.94. The summed E-state index contributed by atoms with van der Waals surface area (Å²) in [4.78, 5) is 0. The molecule has 0 fully saturated rings. The van der Waals surface area contributed by atoms with Gasteiger partial charge in [-0.1, -0.05) is 12.1 Å². The van der Waals surface area contributed by atoms with Crippen LogP contribution in [0.25, 0.3) is 0 Å². The van der Waals surface area contributed by atoms with E-state index < -0.39 is 11.4 Å². The Labute approximate surface area is 133 Å². The first-order valence-electron chi connectivity index (χ1n) is 7.80. The molecule has 0 aromatic heterocycles. The second-order valence-corrected chi connectivity index (χ2v) is 6.68. The van der Waals surface area contributed by atoms with Crippen LogP contribution >= 0.6 is 0 Å². The number of rotatable bonds is 4. The summed E-state index contributed by atoms with van der Waals surface area (Å²) in [5.41, 5.74) is 5.34. The lowest BCUT2D eigenvalue weighted by molar-refractivity contribution is 0.461. The Hall–Kier alpha value is -1.81. The molecule has 0 amide bonds. The maximum absolute atomic E-state index is 12.0. The Morgan fingerprint density at radius 2 is 1.14 bits per heavy atom. The van der Waals surface area contributed by atoms with E-state index in [0.717, 1.165) is 25.7 Å². The van der Waals surface area contributed by atoms with Crippen molar-refractivity contribution in [3.63, 3.8) is 0 Å². The molecule has 2 aliphatic carbocycles. The largest absolute Gasteiger partial charge is 0.417 e. The van der Waals surface area contributed by atoms with Crippen molar-refractivity contribution in [2.75, 3.05) is 0 Å². The molecule has 0 bridgehead atoms. The molecule has 2 aromatic rings. The maximum atomic E-state index is 12.0. The third-order valence-electron chi connectivity index (χ3n) is 4.47. The van der Waals surface area contributed by atoms with Crippen molar-refractivity contribution in [2.24, 2.45) is 0 Å². The van der Waals surface area contributed by atoms with E-state index in [1.54, 1.807) is 0 Å². The molecule has 0 spiro atoms. The van der Waals surface area contributed by atoms with Gasteiger partial charge < -0.3 is 8.37 Å². The molecule has 0 N–H and O–H groups in total. The minimum absolute atomic E-state index is 0.611. The van der Waals surface area contributed by atoms with E-state index in [-0.39, 0.29) is 0 Å². The molecule has 0 aliphatic heterocycles. The predicted molar refractivity (Wildman–Crippen MR) is 86.3 cm³/mol. The average molecular weight is 314 g/mol. The summed E-state index contributed by atoms with van der Waals surface area (Å²) in [5.74, 6) is 1.22. The van der Waals surface area contributed by atoms with Gasteiger partial charge in [0, 0.05) is 0 Å². The molecule has 0 unspecified atom stereocenters. The van der Waals surface area contributed by atoms with Gasteiger partial charge in [-0.2, -0.15) is 4.21 Å². The van der Waals surface area contributed by atoms with Gasteiger partial charge >= 0.3 is 11.4 Å². The van der Waals surface area contributed by atoms with Crippen LogP contribution in [0.5, 0.6) is 11.5 Å². The molecule has 2 aromatic carbocycles. The van der Waals surface area contributed by atoms with Gasteiger partial charge in [0.2, 0.25) is 0 Å². The Morgan fingerprint density at radius 1 is 0.682 bits per heavy atom. The van der Waals surface area contributed by atoms with Crippen LogP contribution in [0, 0.1) is 0 Å². The summed E-state index contributed by atoms with van der Waals surface area (Å²) in [6.45, 7) is 0. The number of hydrogen-bond donors (Lipinski definition) is 0. The molecule has 0 saturated heterocycles. The van der Waals surface area contributed by atoms with Crippen molar-refractivity contribution >= 4 is 11.4 Å². The topological polar surface area (TPSA) is 35.5 Å². The summed E-state index contributed by atoms with van der Waals surface area (Å²) in [6, 6.07) is 11.8. The Bertz CT molecular complexity index is 678. The lowest BCUT2D eigenvalue weighted by Crippen LogP contribution is -2.08. The molecular formula is C18H18O3S. The van der Waals surface area contributed by atoms with Crippen LogP contribution < -0.4 is 8.37 Å². The van der Waals surface area contributed by atoms with Gasteiger partial charge in [0.05, 0.1) is 0 Å². The van der Waals surface area contributed by atoms with E-state index in [4.69, 9.17) is 8.37 Å². The van der Waals surface area contributed by atoms with Crippen LogP contribution in [0.2, 0.25) is 0 Å². The molecule has 0 heterocycles. The molecule has 3 nitrogen and oxygen atoms in total. The van der Waals surface area contributed by atoms with Crippen LogP contribution in [-0.2, 0) is 37.0 Å². The lowest BCUT2D eigenvalue weighted by atomic mass is 10.1. The highest BCUT2D eigenvalue weighted by atomic mass is 32.2. The van der Waals surface area contributed by atoms with E-state index in [0.29, 0.717) is 11.5 Å². The van der Waals surface area contributed by atoms with Gasteiger partial charge in [0.25, 0.3) is 0 Å². The SMILES string of the molecule is O=S(Oc1ccc2c(c1)CCC2)Oc1ccc2c(c1)CCC2. The van der Waals surface area contributed by atoms with Crippen LogP contribution in [0.15, 0.2) is 36.4 Å². The zero-order valence-electron chi connectivity index (χ0n) is 12.3. The fourth-order valence-corrected chi connectivity index (χ4v) is 3.93. The summed E-state index contributed by atoms with van der Waals surface area (Å²) < 4.78 is 22.9. The summed E-state index contributed by atoms with van der Waals surface area (Å²) in [7, 11) is 0. The van der Waals surface area contributed by atoms with Gasteiger partial charge in [-0.15, -0.1) is 0 Å². The highest BCUT2D eigenvalue weighted by Gasteiger charge is 2.15. The van der Waals surface area contributed by atoms with Gasteiger partial charge in [-0.05, 0) is 85.0 Å². The van der Waals surface area contributed by atoms with Crippen molar-refractivity contribution in [2.45, 2.75) is 38.5 Å². The highest BCUT2D eigenvalue weighted by molar-refractivity contribution is 7.75. The molecule has 0 saturated carbocycles. The summed E-state index contributed by atoms with van der Waals surface area (Å²) in [6.07, 6.45) is 6.78. The predicted octanol–water partition coefficient (Wildman–Crippen LogP) is 3.70. The van der Waals surface area contributed by atoms with Gasteiger partial charge in [-0.25, -0.2) is 0 Å². The Balaban J connectivity index is 1.44. The zero-order chi connectivity index (χ0) is 14.9. The standard InChI is InChI=1S/C18H18O3S/c19-22(20-17-9-7-13-3-1-5-15(13)11-17)21-18-10-8-14-4-2-6-16(14)12-18/h7-12H,1-6H2. The van der Waals surface area contributed by atoms with E-state index in [1.165, 1.54) is 35.1 Å². The number of aryl methyl sites for hydroxylation is 4. The van der Waals surface area contributed by atoms with Crippen LogP contribution in [-0.4, -0.2) is 4.21 Å². The van der Waals surface area contributed by atoms with Crippen molar-refractivity contribution in [1.82, 2.24) is 0 Å². The van der Waals surface area contributed by atoms with E-state index >= 15 is 0 Å². The maximum Gasteiger partial charge on any atom is 0.417 e. The van der Waals surface area contributed by atoms with Crippen molar-refractivity contribution in [3.05, 3.63) is 58.7 Å². The van der Waals surface area contributed by atoms with Crippen molar-refractivity contribution in [3.8, 4) is 11.5 Å². The van der Waals surface area contributed by atoms with Crippen LogP contribution in [0.3, 0.4) is 0 Å². The Kier molecular flexibility index (Phi) is 3.62. The monoisotopic (exact) mass is 314 g/mol. The molecule has 114 valence electrons. The minimum Gasteiger partial charge on any atom is -0.371 e. The first kappa shape index (κ1) is 13.8. The summed E-state index contributed by atoms with van der Waals surface area (Å²) >= 11 is -1.81. The van der Waals surface area contributed by atoms with Crippen molar-refractivity contribution in [1.29, 1.82) is 0 Å². The number of fused-ring (bicyclic) bond motifs is 2. The van der Waals surface area contributed by atoms with E-state index in [1.807, 2.05) is 24.3 Å². The van der Waals surface area contributed by atoms with E-state index in [2.05, 4.69) is 12.1 Å². The third-order valence-corrected chi connectivity index (χ3v) is 5.13. The van der Waals surface area contributed by atoms with Crippen LogP contribution in [0.1, 0.15) is 35.1 Å². The fourth-order valence-electron chi connectivity index (χ4n) is 3.37. The summed E-state index contributed by atoms with van der Waals surface area (Å²) in [5, 5.41) is 0. The molecule has 0 radical (unpaired) electrons. The third kappa shape index (κ3) is 2.75. The van der Waals surface area contributed by atoms with Gasteiger partial charge in [0.15, 0.2) is 0 Å². The lowest BCUT2D eigenvalue weighted by Gasteiger charge is -2.08. The second kappa shape index (κ2) is 5.76. The first-order valence-corrected chi connectivity index (χ1v) is 8.80. The van der Waals surface area contributed by atoms with Crippen molar-refractivity contribution < 1.29 is 12.6 Å². The molecule has 0 atom stereocenters. The number of hydrogen-bond acceptors (Lipinski definition) is 3. The Morgan fingerprint density at radius 3 is 1.64 bits per heavy atom. The van der Waals surface area contributed by atoms with Crippen LogP contribution in [0.4, 0.5) is 0 Å². The minimum atomic E-state index is -1.81. The van der Waals surface area contributed by atoms with E-state index in [9.17, 15) is 4.21 Å². The van der Waals surface area contributed by atoms with Gasteiger partial charge in [0.1, 0.15) is 11.5 Å². The normalized spacial score (nSPS) is 15.7. The highest BCUT2D eigenvalue weighted by Crippen LogP contribution is 2.28. The molecule has 4 rings (SSSR count). The molecule has 2 aliphatic rings. The fraction of sp³-hybridized carbons (Fsp3) is 0.333. The smallest absolute Gasteiger partial charge is 0.371 e. The molecule has 22 heavy (non-hydrogen) atoms. The quantitative estimate of drug-likeness (QED) is 0.863. The number of benzene rings is 2. The average Bonchev–Trinajstić information content (AvgIpc) is 3.14. The molecule has 4 heteroatoms. The molecular weight excluding hydrogens is 296 g/mol. The first-order chi connectivity index (χ1) is 10.8.